The number of benzene rings is 1. The molecule has 0 spiro atoms. The van der Waals surface area contributed by atoms with Gasteiger partial charge in [-0.05, 0) is 31.4 Å². The molecule has 31 heavy (non-hydrogen) atoms. The number of aryl methyl sites for hydroxylation is 1. The molecule has 1 atom stereocenters. The van der Waals surface area contributed by atoms with Crippen molar-refractivity contribution in [3.63, 3.8) is 0 Å². The number of fused-ring (bicyclic) bond motifs is 1. The van der Waals surface area contributed by atoms with Crippen molar-refractivity contribution in [2.75, 3.05) is 23.7 Å². The number of rotatable bonds is 8. The second kappa shape index (κ2) is 8.54. The van der Waals surface area contributed by atoms with Gasteiger partial charge in [-0.3, -0.25) is 29.4 Å². The molecular weight excluding hydrogens is 404 g/mol. The van der Waals surface area contributed by atoms with E-state index in [4.69, 9.17) is 4.42 Å². The van der Waals surface area contributed by atoms with E-state index in [2.05, 4.69) is 26.1 Å². The van der Waals surface area contributed by atoms with Gasteiger partial charge >= 0.3 is 6.01 Å². The van der Waals surface area contributed by atoms with Crippen LogP contribution in [0.2, 0.25) is 0 Å². The van der Waals surface area contributed by atoms with Crippen LogP contribution in [-0.4, -0.2) is 57.9 Å². The summed E-state index contributed by atoms with van der Waals surface area (Å²) in [5.74, 6) is -1.57. The Bertz CT molecular complexity index is 1050. The molecule has 0 aliphatic carbocycles. The Kier molecular flexibility index (Phi) is 5.65. The van der Waals surface area contributed by atoms with Crippen LogP contribution >= 0.6 is 0 Å². The summed E-state index contributed by atoms with van der Waals surface area (Å²) >= 11 is 0. The predicted molar refractivity (Wildman–Crippen MR) is 108 cm³/mol. The minimum Gasteiger partial charge on any atom is -0.408 e. The summed E-state index contributed by atoms with van der Waals surface area (Å²) in [4.78, 5) is 50.4. The van der Waals surface area contributed by atoms with Crippen molar-refractivity contribution >= 4 is 35.3 Å². The van der Waals surface area contributed by atoms with Gasteiger partial charge in [0, 0.05) is 32.1 Å². The van der Waals surface area contributed by atoms with Crippen LogP contribution < -0.4 is 16.0 Å². The lowest BCUT2D eigenvalue weighted by molar-refractivity contribution is -0.136. The van der Waals surface area contributed by atoms with Crippen molar-refractivity contribution in [3.8, 4) is 0 Å². The zero-order chi connectivity index (χ0) is 22.0. The van der Waals surface area contributed by atoms with Gasteiger partial charge < -0.3 is 15.1 Å². The van der Waals surface area contributed by atoms with Crippen molar-refractivity contribution in [1.82, 2.24) is 20.4 Å². The zero-order valence-electron chi connectivity index (χ0n) is 16.9. The molecule has 162 valence electrons. The molecule has 1 saturated heterocycles. The van der Waals surface area contributed by atoms with Crippen LogP contribution in [0.4, 0.5) is 11.7 Å². The molecule has 3 heterocycles. The quantitative estimate of drug-likeness (QED) is 0.417. The van der Waals surface area contributed by atoms with Crippen LogP contribution in [0.15, 0.2) is 22.6 Å². The van der Waals surface area contributed by atoms with Crippen LogP contribution in [0.1, 0.15) is 52.3 Å². The summed E-state index contributed by atoms with van der Waals surface area (Å²) in [5, 5.41) is 16.0. The fourth-order valence-corrected chi connectivity index (χ4v) is 3.70. The molecule has 1 unspecified atom stereocenters. The Morgan fingerprint density at radius 2 is 1.87 bits per heavy atom. The van der Waals surface area contributed by atoms with Crippen LogP contribution in [0.25, 0.3) is 0 Å². The molecule has 1 aromatic carbocycles. The Morgan fingerprint density at radius 3 is 2.58 bits per heavy atom. The van der Waals surface area contributed by atoms with E-state index in [1.165, 1.54) is 0 Å². The number of nitrogens with one attached hydrogen (secondary N) is 3. The summed E-state index contributed by atoms with van der Waals surface area (Å²) < 4.78 is 5.23. The largest absolute Gasteiger partial charge is 0.408 e. The number of imide groups is 2. The maximum atomic E-state index is 13.0. The second-order valence-corrected chi connectivity index (χ2v) is 7.36. The minimum atomic E-state index is -0.975. The normalized spacial score (nSPS) is 18.2. The number of piperidine rings is 1. The second-order valence-electron chi connectivity index (χ2n) is 7.36. The molecule has 4 amide bonds. The third kappa shape index (κ3) is 4.11. The molecule has 0 saturated carbocycles. The summed E-state index contributed by atoms with van der Waals surface area (Å²) in [6.45, 7) is 2.95. The van der Waals surface area contributed by atoms with Gasteiger partial charge in [-0.15, -0.1) is 5.10 Å². The van der Waals surface area contributed by atoms with E-state index in [-0.39, 0.29) is 24.0 Å². The molecule has 2 aliphatic heterocycles. The third-order valence-electron chi connectivity index (χ3n) is 5.19. The Morgan fingerprint density at radius 1 is 1.10 bits per heavy atom. The van der Waals surface area contributed by atoms with Crippen LogP contribution in [-0.2, 0) is 9.59 Å². The number of hydrogen-bond donors (Lipinski definition) is 3. The summed E-state index contributed by atoms with van der Waals surface area (Å²) in [6.07, 6.45) is 1.83. The van der Waals surface area contributed by atoms with Gasteiger partial charge in [0.25, 0.3) is 11.8 Å². The highest BCUT2D eigenvalue weighted by atomic mass is 16.4. The molecule has 1 fully saturated rings. The first-order valence-corrected chi connectivity index (χ1v) is 10.1. The van der Waals surface area contributed by atoms with E-state index in [0.717, 1.165) is 17.7 Å². The minimum absolute atomic E-state index is 0.0894. The van der Waals surface area contributed by atoms with E-state index < -0.39 is 29.7 Å². The van der Waals surface area contributed by atoms with Gasteiger partial charge in [-0.1, -0.05) is 11.2 Å². The maximum absolute atomic E-state index is 13.0. The van der Waals surface area contributed by atoms with Crippen molar-refractivity contribution in [1.29, 1.82) is 0 Å². The van der Waals surface area contributed by atoms with E-state index in [9.17, 15) is 19.2 Å². The van der Waals surface area contributed by atoms with Crippen molar-refractivity contribution in [2.24, 2.45) is 0 Å². The van der Waals surface area contributed by atoms with Gasteiger partial charge in [0.05, 0.1) is 11.1 Å². The fourth-order valence-electron chi connectivity index (χ4n) is 3.70. The lowest BCUT2D eigenvalue weighted by Crippen LogP contribution is -2.54. The number of anilines is 2. The van der Waals surface area contributed by atoms with Crippen LogP contribution in [0, 0.1) is 6.92 Å². The standard InChI is InChI=1S/C20H22N6O5/c1-11-24-25-20(31-11)22-10-3-2-9-21-13-6-4-5-12-16(13)19(30)26(18(12)29)14-7-8-15(27)23-17(14)28/h4-6,14,21H,2-3,7-10H2,1H3,(H,22,25)(H,23,27,28). The average Bonchev–Trinajstić information content (AvgIpc) is 3.26. The number of aromatic nitrogens is 2. The van der Waals surface area contributed by atoms with Crippen molar-refractivity contribution < 1.29 is 23.6 Å². The number of carbonyl (C=O) groups excluding carboxylic acids is 4. The third-order valence-corrected chi connectivity index (χ3v) is 5.19. The highest BCUT2D eigenvalue weighted by Crippen LogP contribution is 2.32. The number of amides is 4. The smallest absolute Gasteiger partial charge is 0.315 e. The SMILES string of the molecule is Cc1nnc(NCCCCNc2cccc3c2C(=O)N(C2CCC(=O)NC2=O)C3=O)o1. The molecular formula is C20H22N6O5. The van der Waals surface area contributed by atoms with E-state index in [1.807, 2.05) is 0 Å². The first-order chi connectivity index (χ1) is 15.0. The van der Waals surface area contributed by atoms with E-state index >= 15 is 0 Å². The monoisotopic (exact) mass is 426 g/mol. The number of carbonyl (C=O) groups is 4. The highest BCUT2D eigenvalue weighted by molar-refractivity contribution is 6.25. The lowest BCUT2D eigenvalue weighted by Gasteiger charge is -2.27. The molecule has 3 N–H and O–H groups in total. The molecule has 11 heteroatoms. The number of unbranched alkanes of at least 4 members (excludes halogenated alkanes) is 1. The van der Waals surface area contributed by atoms with Crippen LogP contribution in [0.5, 0.6) is 0 Å². The first kappa shape index (κ1) is 20.5. The Labute approximate surface area is 177 Å². The lowest BCUT2D eigenvalue weighted by atomic mass is 10.0. The molecule has 2 aromatic rings. The summed E-state index contributed by atoms with van der Waals surface area (Å²) in [6, 6.07) is 4.40. The topological polar surface area (TPSA) is 147 Å². The number of hydrogen-bond acceptors (Lipinski definition) is 9. The van der Waals surface area contributed by atoms with Gasteiger partial charge in [-0.2, -0.15) is 0 Å². The number of nitrogens with zero attached hydrogens (tertiary/aromatic N) is 3. The summed E-state index contributed by atoms with van der Waals surface area (Å²) in [7, 11) is 0. The fraction of sp³-hybridized carbons (Fsp3) is 0.400. The van der Waals surface area contributed by atoms with Crippen molar-refractivity contribution in [3.05, 3.63) is 35.2 Å². The van der Waals surface area contributed by atoms with Crippen LogP contribution in [0.3, 0.4) is 0 Å². The summed E-state index contributed by atoms with van der Waals surface area (Å²) in [5.41, 5.74) is 1.07. The molecule has 0 radical (unpaired) electrons. The molecule has 1 aromatic heterocycles. The van der Waals surface area contributed by atoms with Gasteiger partial charge in [0.2, 0.25) is 17.7 Å². The highest BCUT2D eigenvalue weighted by Gasteiger charge is 2.45. The van der Waals surface area contributed by atoms with Gasteiger partial charge in [0.1, 0.15) is 6.04 Å². The predicted octanol–water partition coefficient (Wildman–Crippen LogP) is 1.08. The first-order valence-electron chi connectivity index (χ1n) is 10.1. The zero-order valence-corrected chi connectivity index (χ0v) is 16.9. The Balaban J connectivity index is 1.36. The molecule has 2 aliphatic rings. The molecule has 0 bridgehead atoms. The van der Waals surface area contributed by atoms with Crippen molar-refractivity contribution in [2.45, 2.75) is 38.6 Å². The van der Waals surface area contributed by atoms with Gasteiger partial charge in [0.15, 0.2) is 0 Å². The maximum Gasteiger partial charge on any atom is 0.315 e. The van der Waals surface area contributed by atoms with E-state index in [1.54, 1.807) is 25.1 Å². The molecule has 11 nitrogen and oxygen atoms in total. The molecule has 4 rings (SSSR count). The van der Waals surface area contributed by atoms with E-state index in [0.29, 0.717) is 30.7 Å². The average molecular weight is 426 g/mol. The van der Waals surface area contributed by atoms with Gasteiger partial charge in [-0.25, -0.2) is 0 Å². The Hall–Kier alpha value is -3.76.